The predicted octanol–water partition coefficient (Wildman–Crippen LogP) is 2.51. The number of unbranched alkanes of at least 4 members (excludes halogenated alkanes) is 1. The molecule has 0 unspecified atom stereocenters. The highest BCUT2D eigenvalue weighted by molar-refractivity contribution is 7.95. The van der Waals surface area contributed by atoms with Gasteiger partial charge in [-0.3, -0.25) is 0 Å². The van der Waals surface area contributed by atoms with Gasteiger partial charge in [0, 0.05) is 0 Å². The van der Waals surface area contributed by atoms with Gasteiger partial charge in [0.15, 0.2) is 0 Å². The summed E-state index contributed by atoms with van der Waals surface area (Å²) in [6.07, 6.45) is 8.81. The number of rotatable bonds is 7. The van der Waals surface area contributed by atoms with Gasteiger partial charge >= 0.3 is 0 Å². The third-order valence-electron chi connectivity index (χ3n) is 4.33. The summed E-state index contributed by atoms with van der Waals surface area (Å²) >= 11 is 0. The summed E-state index contributed by atoms with van der Waals surface area (Å²) in [7, 11) is -1.76. The lowest BCUT2D eigenvalue weighted by atomic mass is 10.3. The fraction of sp³-hybridized carbons (Fsp3) is 0.200. The molecule has 122 valence electrons. The van der Waals surface area contributed by atoms with E-state index in [0.717, 1.165) is 25.5 Å². The van der Waals surface area contributed by atoms with Crippen LogP contribution in [0.2, 0.25) is 0 Å². The summed E-state index contributed by atoms with van der Waals surface area (Å²) in [5.74, 6) is 0. The molecule has 0 atom stereocenters. The molecule has 0 fully saturated rings. The van der Waals surface area contributed by atoms with Crippen LogP contribution in [0.3, 0.4) is 0 Å². The zero-order valence-corrected chi connectivity index (χ0v) is 14.6. The van der Waals surface area contributed by atoms with Crippen LogP contribution in [0.5, 0.6) is 0 Å². The van der Waals surface area contributed by atoms with E-state index in [1.807, 2.05) is 12.4 Å². The van der Waals surface area contributed by atoms with Gasteiger partial charge in [0.05, 0.1) is 18.6 Å². The van der Waals surface area contributed by atoms with E-state index in [9.17, 15) is 0 Å². The van der Waals surface area contributed by atoms with Crippen molar-refractivity contribution in [3.05, 3.63) is 79.4 Å². The van der Waals surface area contributed by atoms with Gasteiger partial charge < -0.3 is 5.73 Å². The minimum absolute atomic E-state index is 0.731. The first kappa shape index (κ1) is 16.8. The highest BCUT2D eigenvalue weighted by Gasteiger charge is 2.45. The lowest BCUT2D eigenvalue weighted by molar-refractivity contribution is 0.811. The van der Waals surface area contributed by atoms with Gasteiger partial charge in [0.25, 0.3) is 0 Å². The second-order valence-corrected chi connectivity index (χ2v) is 9.41. The summed E-state index contributed by atoms with van der Waals surface area (Å²) in [4.78, 5) is 8.64. The topological polar surface area (TPSA) is 51.8 Å². The second kappa shape index (κ2) is 8.14. The van der Waals surface area contributed by atoms with Crippen LogP contribution in [0.4, 0.5) is 0 Å². The summed E-state index contributed by atoms with van der Waals surface area (Å²) in [6, 6.07) is 21.6. The Morgan fingerprint density at radius 2 is 1.25 bits per heavy atom. The maximum Gasteiger partial charge on any atom is 0.141 e. The zero-order chi connectivity index (χ0) is 16.7. The van der Waals surface area contributed by atoms with Crippen molar-refractivity contribution in [3.63, 3.8) is 0 Å². The van der Waals surface area contributed by atoms with Crippen molar-refractivity contribution in [2.45, 2.75) is 12.8 Å². The standard InChI is InChI=1S/C20H23N3P/c21-13-7-8-14-24(18-9-3-1-4-10-18,19-11-5-2-6-12-19)20-15-22-17-23-16-20/h1-6,9-12,15-17H,7-8,13-14,21H2/q+1. The van der Waals surface area contributed by atoms with Gasteiger partial charge in [-0.1, -0.05) is 36.4 Å². The van der Waals surface area contributed by atoms with E-state index >= 15 is 0 Å². The third kappa shape index (κ3) is 3.38. The first-order chi connectivity index (χ1) is 11.9. The Bertz CT molecular complexity index is 636. The first-order valence-electron chi connectivity index (χ1n) is 8.33. The molecule has 3 nitrogen and oxygen atoms in total. The van der Waals surface area contributed by atoms with Crippen LogP contribution < -0.4 is 21.6 Å². The molecule has 0 amide bonds. The molecular formula is C20H23N3P+. The van der Waals surface area contributed by atoms with Crippen molar-refractivity contribution >= 4 is 23.2 Å². The van der Waals surface area contributed by atoms with E-state index < -0.39 is 7.26 Å². The number of benzene rings is 2. The molecule has 0 aliphatic rings. The monoisotopic (exact) mass is 336 g/mol. The molecule has 0 saturated heterocycles. The average Bonchev–Trinajstić information content (AvgIpc) is 2.68. The van der Waals surface area contributed by atoms with E-state index in [1.165, 1.54) is 15.9 Å². The Labute approximate surface area is 144 Å². The summed E-state index contributed by atoms with van der Waals surface area (Å²) in [6.45, 7) is 0.731. The van der Waals surface area contributed by atoms with Crippen LogP contribution in [-0.4, -0.2) is 22.7 Å². The van der Waals surface area contributed by atoms with Gasteiger partial charge in [-0.15, -0.1) is 0 Å². The average molecular weight is 336 g/mol. The molecule has 1 heterocycles. The number of hydrogen-bond acceptors (Lipinski definition) is 3. The van der Waals surface area contributed by atoms with Crippen LogP contribution in [0.15, 0.2) is 79.4 Å². The Morgan fingerprint density at radius 1 is 0.708 bits per heavy atom. The van der Waals surface area contributed by atoms with E-state index in [-0.39, 0.29) is 0 Å². The van der Waals surface area contributed by atoms with Crippen LogP contribution in [0, 0.1) is 0 Å². The molecule has 2 aromatic carbocycles. The Balaban J connectivity index is 2.20. The molecule has 24 heavy (non-hydrogen) atoms. The molecule has 0 radical (unpaired) electrons. The summed E-state index contributed by atoms with van der Waals surface area (Å²) < 4.78 is 0. The molecule has 0 saturated carbocycles. The fourth-order valence-corrected chi connectivity index (χ4v) is 7.44. The van der Waals surface area contributed by atoms with E-state index in [4.69, 9.17) is 5.73 Å². The van der Waals surface area contributed by atoms with Crippen LogP contribution in [0.1, 0.15) is 12.8 Å². The lowest BCUT2D eigenvalue weighted by Gasteiger charge is -2.27. The van der Waals surface area contributed by atoms with Crippen molar-refractivity contribution in [2.75, 3.05) is 12.7 Å². The Hall–Kier alpha value is -2.09. The number of nitrogens with zero attached hydrogens (tertiary/aromatic N) is 2. The smallest absolute Gasteiger partial charge is 0.141 e. The molecule has 0 aliphatic heterocycles. The third-order valence-corrected chi connectivity index (χ3v) is 8.79. The van der Waals surface area contributed by atoms with Crippen molar-refractivity contribution in [3.8, 4) is 0 Å². The molecule has 1 aromatic heterocycles. The maximum atomic E-state index is 5.76. The molecule has 2 N–H and O–H groups in total. The molecule has 3 aromatic rings. The van der Waals surface area contributed by atoms with E-state index in [2.05, 4.69) is 70.6 Å². The number of hydrogen-bond donors (Lipinski definition) is 1. The van der Waals surface area contributed by atoms with E-state index in [1.54, 1.807) is 6.33 Å². The second-order valence-electron chi connectivity index (χ2n) is 5.80. The van der Waals surface area contributed by atoms with Crippen molar-refractivity contribution in [1.29, 1.82) is 0 Å². The normalized spacial score (nSPS) is 11.4. The van der Waals surface area contributed by atoms with Crippen molar-refractivity contribution in [2.24, 2.45) is 5.73 Å². The molecule has 0 bridgehead atoms. The van der Waals surface area contributed by atoms with Gasteiger partial charge in [-0.05, 0) is 43.7 Å². The summed E-state index contributed by atoms with van der Waals surface area (Å²) in [5, 5.41) is 3.99. The first-order valence-corrected chi connectivity index (χ1v) is 10.3. The highest BCUT2D eigenvalue weighted by Crippen LogP contribution is 2.55. The Kier molecular flexibility index (Phi) is 5.68. The number of nitrogens with two attached hydrogens (primary N) is 1. The molecule has 3 rings (SSSR count). The minimum atomic E-state index is -1.76. The zero-order valence-electron chi connectivity index (χ0n) is 13.8. The fourth-order valence-electron chi connectivity index (χ4n) is 3.18. The molecule has 4 heteroatoms. The number of aromatic nitrogens is 2. The SMILES string of the molecule is NCCCC[P+](c1ccccc1)(c1ccccc1)c1cncnc1. The van der Waals surface area contributed by atoms with E-state index in [0.29, 0.717) is 0 Å². The van der Waals surface area contributed by atoms with Gasteiger partial charge in [0.1, 0.15) is 29.5 Å². The largest absolute Gasteiger partial charge is 0.330 e. The van der Waals surface area contributed by atoms with Gasteiger partial charge in [-0.2, -0.15) is 0 Å². The van der Waals surface area contributed by atoms with Crippen LogP contribution >= 0.6 is 7.26 Å². The quantitative estimate of drug-likeness (QED) is 0.533. The Morgan fingerprint density at radius 3 is 1.75 bits per heavy atom. The van der Waals surface area contributed by atoms with Gasteiger partial charge in [-0.25, -0.2) is 9.97 Å². The van der Waals surface area contributed by atoms with Crippen LogP contribution in [-0.2, 0) is 0 Å². The molecular weight excluding hydrogens is 313 g/mol. The highest BCUT2D eigenvalue weighted by atomic mass is 31.2. The molecule has 0 spiro atoms. The lowest BCUT2D eigenvalue weighted by Crippen LogP contribution is -2.34. The maximum absolute atomic E-state index is 5.76. The van der Waals surface area contributed by atoms with Gasteiger partial charge in [0.2, 0.25) is 0 Å². The van der Waals surface area contributed by atoms with Crippen molar-refractivity contribution < 1.29 is 0 Å². The molecule has 0 aliphatic carbocycles. The predicted molar refractivity (Wildman–Crippen MR) is 104 cm³/mol. The van der Waals surface area contributed by atoms with Crippen molar-refractivity contribution in [1.82, 2.24) is 9.97 Å². The minimum Gasteiger partial charge on any atom is -0.330 e. The summed E-state index contributed by atoms with van der Waals surface area (Å²) in [5.41, 5.74) is 5.76. The van der Waals surface area contributed by atoms with Crippen LogP contribution in [0.25, 0.3) is 0 Å².